The van der Waals surface area contributed by atoms with E-state index in [0.29, 0.717) is 49.7 Å². The van der Waals surface area contributed by atoms with E-state index in [9.17, 15) is 13.2 Å². The zero-order chi connectivity index (χ0) is 20.0. The van der Waals surface area contributed by atoms with Gasteiger partial charge in [0, 0.05) is 44.8 Å². The maximum Gasteiger partial charge on any atom is 0.251 e. The molecule has 0 aliphatic carbocycles. The van der Waals surface area contributed by atoms with Crippen LogP contribution < -0.4 is 5.32 Å². The Morgan fingerprint density at radius 1 is 1.04 bits per heavy atom. The number of piperazine rings is 1. The Morgan fingerprint density at radius 3 is 2.43 bits per heavy atom. The largest absolute Gasteiger partial charge is 0.349 e. The minimum absolute atomic E-state index is 0.125. The van der Waals surface area contributed by atoms with Gasteiger partial charge in [0.25, 0.3) is 5.91 Å². The third-order valence-electron chi connectivity index (χ3n) is 4.71. The van der Waals surface area contributed by atoms with Gasteiger partial charge in [0.15, 0.2) is 0 Å². The molecular formula is C21H25N3O3S. The summed E-state index contributed by atoms with van der Waals surface area (Å²) < 4.78 is 27.0. The Hall–Kier alpha value is -2.48. The van der Waals surface area contributed by atoms with Crippen LogP contribution in [0.1, 0.15) is 15.9 Å². The van der Waals surface area contributed by atoms with Gasteiger partial charge in [0.05, 0.1) is 4.90 Å². The monoisotopic (exact) mass is 399 g/mol. The van der Waals surface area contributed by atoms with Crippen LogP contribution in [0.3, 0.4) is 0 Å². The van der Waals surface area contributed by atoms with Gasteiger partial charge in [-0.15, -0.1) is 6.58 Å². The molecule has 1 N–H and O–H groups in total. The van der Waals surface area contributed by atoms with Gasteiger partial charge in [-0.3, -0.25) is 9.69 Å². The summed E-state index contributed by atoms with van der Waals surface area (Å²) in [5.41, 5.74) is 1.65. The smallest absolute Gasteiger partial charge is 0.251 e. The second kappa shape index (κ2) is 9.14. The molecule has 2 aromatic carbocycles. The number of carbonyl (C=O) groups excluding carboxylic acids is 1. The third-order valence-corrected chi connectivity index (χ3v) is 6.63. The summed E-state index contributed by atoms with van der Waals surface area (Å²) in [5.74, 6) is -0.125. The van der Waals surface area contributed by atoms with Crippen molar-refractivity contribution in [2.24, 2.45) is 0 Å². The molecule has 0 spiro atoms. The number of hydrogen-bond acceptors (Lipinski definition) is 4. The van der Waals surface area contributed by atoms with E-state index in [2.05, 4.69) is 16.8 Å². The lowest BCUT2D eigenvalue weighted by Gasteiger charge is -2.34. The van der Waals surface area contributed by atoms with Crippen LogP contribution in [0.25, 0.3) is 0 Å². The van der Waals surface area contributed by atoms with E-state index in [0.717, 1.165) is 5.56 Å². The van der Waals surface area contributed by atoms with Crippen molar-refractivity contribution in [1.82, 2.24) is 14.5 Å². The lowest BCUT2D eigenvalue weighted by molar-refractivity contribution is 0.0957. The van der Waals surface area contributed by atoms with Crippen molar-refractivity contribution in [3.8, 4) is 0 Å². The number of sulfonamides is 1. The summed E-state index contributed by atoms with van der Waals surface area (Å²) >= 11 is 0. The standard InChI is InChI=1S/C21H25N3O3S/c1-2-11-22-21(25)19-8-6-7-18(16-19)17-23-12-14-24(15-13-23)28(26,27)20-9-4-3-5-10-20/h2-10,16H,1,11-15,17H2,(H,22,25). The van der Waals surface area contributed by atoms with Crippen LogP contribution in [-0.2, 0) is 16.6 Å². The first-order valence-corrected chi connectivity index (χ1v) is 10.7. The molecule has 28 heavy (non-hydrogen) atoms. The third kappa shape index (κ3) is 4.86. The number of carbonyl (C=O) groups is 1. The predicted molar refractivity (Wildman–Crippen MR) is 109 cm³/mol. The zero-order valence-corrected chi connectivity index (χ0v) is 16.6. The van der Waals surface area contributed by atoms with Crippen LogP contribution >= 0.6 is 0 Å². The highest BCUT2D eigenvalue weighted by Crippen LogP contribution is 2.18. The Kier molecular flexibility index (Phi) is 6.61. The number of nitrogens with zero attached hydrogens (tertiary/aromatic N) is 2. The molecule has 0 saturated carbocycles. The van der Waals surface area contributed by atoms with Gasteiger partial charge in [0.1, 0.15) is 0 Å². The maximum atomic E-state index is 12.7. The molecule has 3 rings (SSSR count). The normalized spacial score (nSPS) is 15.9. The van der Waals surface area contributed by atoms with Gasteiger partial charge >= 0.3 is 0 Å². The highest BCUT2D eigenvalue weighted by atomic mass is 32.2. The van der Waals surface area contributed by atoms with E-state index < -0.39 is 10.0 Å². The van der Waals surface area contributed by atoms with Gasteiger partial charge in [-0.25, -0.2) is 8.42 Å². The Bertz CT molecular complexity index is 921. The highest BCUT2D eigenvalue weighted by Gasteiger charge is 2.28. The summed E-state index contributed by atoms with van der Waals surface area (Å²) in [7, 11) is -3.44. The second-order valence-electron chi connectivity index (χ2n) is 6.69. The molecule has 1 heterocycles. The summed E-state index contributed by atoms with van der Waals surface area (Å²) in [6.45, 7) is 6.92. The van der Waals surface area contributed by atoms with Crippen LogP contribution in [0, 0.1) is 0 Å². The molecule has 0 aromatic heterocycles. The molecule has 0 radical (unpaired) electrons. The molecular weight excluding hydrogens is 374 g/mol. The first-order chi connectivity index (χ1) is 13.5. The van der Waals surface area contributed by atoms with Gasteiger partial charge < -0.3 is 5.32 Å². The van der Waals surface area contributed by atoms with Crippen molar-refractivity contribution in [3.05, 3.63) is 78.4 Å². The molecule has 7 heteroatoms. The molecule has 1 aliphatic rings. The predicted octanol–water partition coefficient (Wildman–Crippen LogP) is 2.11. The molecule has 0 atom stereocenters. The lowest BCUT2D eigenvalue weighted by Crippen LogP contribution is -2.48. The molecule has 148 valence electrons. The number of benzene rings is 2. The summed E-state index contributed by atoms with van der Waals surface area (Å²) in [6.07, 6.45) is 1.64. The Balaban J connectivity index is 1.59. The fourth-order valence-corrected chi connectivity index (χ4v) is 4.65. The molecule has 2 aromatic rings. The summed E-state index contributed by atoms with van der Waals surface area (Å²) in [4.78, 5) is 14.6. The van der Waals surface area contributed by atoms with E-state index in [1.807, 2.05) is 24.3 Å². The van der Waals surface area contributed by atoms with Crippen molar-refractivity contribution in [2.45, 2.75) is 11.4 Å². The topological polar surface area (TPSA) is 69.7 Å². The first kappa shape index (κ1) is 20.3. The van der Waals surface area contributed by atoms with E-state index in [1.165, 1.54) is 4.31 Å². The van der Waals surface area contributed by atoms with Gasteiger partial charge in [-0.1, -0.05) is 36.4 Å². The van der Waals surface area contributed by atoms with Crippen LogP contribution in [0.2, 0.25) is 0 Å². The minimum atomic E-state index is -3.44. The number of nitrogens with one attached hydrogen (secondary N) is 1. The number of hydrogen-bond donors (Lipinski definition) is 1. The molecule has 1 amide bonds. The van der Waals surface area contributed by atoms with E-state index in [4.69, 9.17) is 0 Å². The van der Waals surface area contributed by atoms with E-state index >= 15 is 0 Å². The van der Waals surface area contributed by atoms with Crippen molar-refractivity contribution in [1.29, 1.82) is 0 Å². The molecule has 1 saturated heterocycles. The van der Waals surface area contributed by atoms with Crippen LogP contribution in [-0.4, -0.2) is 56.3 Å². The fourth-order valence-electron chi connectivity index (χ4n) is 3.21. The highest BCUT2D eigenvalue weighted by molar-refractivity contribution is 7.89. The van der Waals surface area contributed by atoms with Crippen LogP contribution in [0.5, 0.6) is 0 Å². The number of amides is 1. The Labute approximate surface area is 166 Å². The van der Waals surface area contributed by atoms with E-state index in [1.54, 1.807) is 36.4 Å². The SMILES string of the molecule is C=CCNC(=O)c1cccc(CN2CCN(S(=O)(=O)c3ccccc3)CC2)c1. The maximum absolute atomic E-state index is 12.7. The van der Waals surface area contributed by atoms with Gasteiger partial charge in [0.2, 0.25) is 10.0 Å². The average Bonchev–Trinajstić information content (AvgIpc) is 2.73. The van der Waals surface area contributed by atoms with Crippen LogP contribution in [0.15, 0.2) is 72.1 Å². The minimum Gasteiger partial charge on any atom is -0.349 e. The Morgan fingerprint density at radius 2 is 1.75 bits per heavy atom. The van der Waals surface area contributed by atoms with Crippen LogP contribution in [0.4, 0.5) is 0 Å². The molecule has 6 nitrogen and oxygen atoms in total. The quantitative estimate of drug-likeness (QED) is 0.724. The van der Waals surface area contributed by atoms with Crippen molar-refractivity contribution in [3.63, 3.8) is 0 Å². The van der Waals surface area contributed by atoms with E-state index in [-0.39, 0.29) is 5.91 Å². The lowest BCUT2D eigenvalue weighted by atomic mass is 10.1. The van der Waals surface area contributed by atoms with Crippen molar-refractivity contribution in [2.75, 3.05) is 32.7 Å². The number of rotatable bonds is 7. The molecule has 0 bridgehead atoms. The summed E-state index contributed by atoms with van der Waals surface area (Å²) in [5, 5.41) is 2.77. The van der Waals surface area contributed by atoms with Gasteiger partial charge in [-0.2, -0.15) is 4.31 Å². The average molecular weight is 400 g/mol. The first-order valence-electron chi connectivity index (χ1n) is 9.26. The zero-order valence-electron chi connectivity index (χ0n) is 15.8. The van der Waals surface area contributed by atoms with Crippen molar-refractivity contribution < 1.29 is 13.2 Å². The fraction of sp³-hybridized carbons (Fsp3) is 0.286. The van der Waals surface area contributed by atoms with Gasteiger partial charge in [-0.05, 0) is 29.8 Å². The van der Waals surface area contributed by atoms with Crippen molar-refractivity contribution >= 4 is 15.9 Å². The molecule has 1 fully saturated rings. The molecule has 1 aliphatic heterocycles. The second-order valence-corrected chi connectivity index (χ2v) is 8.63. The summed E-state index contributed by atoms with van der Waals surface area (Å²) in [6, 6.07) is 16.1. The molecule has 0 unspecified atom stereocenters.